The number of benzene rings is 2. The van der Waals surface area contributed by atoms with Crippen LogP contribution in [-0.2, 0) is 20.2 Å². The molecule has 142 valence electrons. The Bertz CT molecular complexity index is 977. The number of amides is 1. The molecule has 1 aliphatic carbocycles. The van der Waals surface area contributed by atoms with Crippen molar-refractivity contribution in [1.29, 1.82) is 0 Å². The van der Waals surface area contributed by atoms with Crippen LogP contribution in [0.2, 0.25) is 0 Å². The molecule has 1 heterocycles. The fraction of sp³-hybridized carbons (Fsp3) is 0.381. The normalized spacial score (nSPS) is 19.5. The molecule has 0 saturated heterocycles. The number of fused-ring (bicyclic) bond motifs is 2. The third-order valence-corrected chi connectivity index (χ3v) is 7.35. The van der Waals surface area contributed by atoms with E-state index in [0.717, 1.165) is 42.5 Å². The molecule has 1 amide bonds. The second-order valence-corrected chi connectivity index (χ2v) is 9.31. The van der Waals surface area contributed by atoms with E-state index in [1.807, 2.05) is 31.2 Å². The van der Waals surface area contributed by atoms with Gasteiger partial charge in [0.15, 0.2) is 0 Å². The summed E-state index contributed by atoms with van der Waals surface area (Å²) in [5, 5.41) is 0. The molecule has 2 aromatic rings. The van der Waals surface area contributed by atoms with Crippen LogP contribution >= 0.6 is 0 Å². The van der Waals surface area contributed by atoms with Gasteiger partial charge in [0.1, 0.15) is 0 Å². The lowest BCUT2D eigenvalue weighted by Gasteiger charge is -2.28. The number of rotatable bonds is 4. The molecule has 6 heteroatoms. The summed E-state index contributed by atoms with van der Waals surface area (Å²) in [7, 11) is -3.72. The Morgan fingerprint density at radius 3 is 2.33 bits per heavy atom. The summed E-state index contributed by atoms with van der Waals surface area (Å²) in [6.07, 6.45) is 3.05. The number of nitrogens with one attached hydrogen (secondary N) is 1. The summed E-state index contributed by atoms with van der Waals surface area (Å²) in [6, 6.07) is 14.5. The molecule has 4 rings (SSSR count). The van der Waals surface area contributed by atoms with Crippen molar-refractivity contribution in [3.05, 3.63) is 59.7 Å². The van der Waals surface area contributed by atoms with Gasteiger partial charge in [-0.2, -0.15) is 4.72 Å². The molecule has 0 aromatic heterocycles. The standard InChI is InChI=1S/C21H24N2O3S/c1-15-9-11-17(12-10-15)27(25,26)22-16(2)23-19-8-4-3-7-18(19)21(20(23)24)13-5-6-14-21/h3-4,7-12,16,22H,5-6,13-14H2,1-2H3. The molecule has 1 unspecified atom stereocenters. The maximum Gasteiger partial charge on any atom is 0.242 e. The Morgan fingerprint density at radius 2 is 1.67 bits per heavy atom. The largest absolute Gasteiger partial charge is 0.295 e. The summed E-state index contributed by atoms with van der Waals surface area (Å²) in [5.41, 5.74) is 2.37. The number of hydrogen-bond donors (Lipinski definition) is 1. The lowest BCUT2D eigenvalue weighted by molar-refractivity contribution is -0.123. The molecule has 2 aromatic carbocycles. The molecule has 2 aliphatic rings. The SMILES string of the molecule is Cc1ccc(S(=O)(=O)NC(C)N2C(=O)C3(CCCC3)c3ccccc32)cc1. The van der Waals surface area contributed by atoms with Gasteiger partial charge in [-0.15, -0.1) is 0 Å². The minimum Gasteiger partial charge on any atom is -0.295 e. The van der Waals surface area contributed by atoms with Gasteiger partial charge in [-0.1, -0.05) is 48.7 Å². The fourth-order valence-electron chi connectivity index (χ4n) is 4.45. The number of hydrogen-bond acceptors (Lipinski definition) is 3. The van der Waals surface area contributed by atoms with Crippen molar-refractivity contribution in [3.63, 3.8) is 0 Å². The first kappa shape index (κ1) is 18.2. The van der Waals surface area contributed by atoms with Gasteiger partial charge in [0.2, 0.25) is 15.9 Å². The van der Waals surface area contributed by atoms with Crippen molar-refractivity contribution in [3.8, 4) is 0 Å². The predicted molar refractivity (Wildman–Crippen MR) is 105 cm³/mol. The van der Waals surface area contributed by atoms with E-state index in [0.29, 0.717) is 0 Å². The van der Waals surface area contributed by atoms with Crippen LogP contribution in [0, 0.1) is 6.92 Å². The zero-order chi connectivity index (χ0) is 19.2. The van der Waals surface area contributed by atoms with Crippen LogP contribution in [-0.4, -0.2) is 20.5 Å². The third kappa shape index (κ3) is 2.87. The van der Waals surface area contributed by atoms with Gasteiger partial charge in [0.05, 0.1) is 16.5 Å². The average molecular weight is 385 g/mol. The highest BCUT2D eigenvalue weighted by Crippen LogP contribution is 2.51. The first-order chi connectivity index (χ1) is 12.8. The van der Waals surface area contributed by atoms with Gasteiger partial charge in [0, 0.05) is 5.69 Å². The number of carbonyl (C=O) groups is 1. The zero-order valence-electron chi connectivity index (χ0n) is 15.6. The Kier molecular flexibility index (Phi) is 4.35. The van der Waals surface area contributed by atoms with Crippen molar-refractivity contribution in [1.82, 2.24) is 4.72 Å². The molecular weight excluding hydrogens is 360 g/mol. The molecule has 1 fully saturated rings. The van der Waals surface area contributed by atoms with Gasteiger partial charge < -0.3 is 0 Å². The van der Waals surface area contributed by atoms with Crippen LogP contribution in [0.4, 0.5) is 5.69 Å². The molecule has 1 aliphatic heterocycles. The fourth-order valence-corrected chi connectivity index (χ4v) is 5.64. The molecular formula is C21H24N2O3S. The molecule has 1 saturated carbocycles. The summed E-state index contributed by atoms with van der Waals surface area (Å²) in [4.78, 5) is 15.2. The number of para-hydroxylation sites is 1. The lowest BCUT2D eigenvalue weighted by atomic mass is 9.80. The maximum atomic E-state index is 13.4. The van der Waals surface area contributed by atoms with Crippen LogP contribution in [0.1, 0.15) is 43.7 Å². The number of anilines is 1. The van der Waals surface area contributed by atoms with Crippen LogP contribution in [0.25, 0.3) is 0 Å². The van der Waals surface area contributed by atoms with Crippen LogP contribution < -0.4 is 9.62 Å². The Morgan fingerprint density at radius 1 is 1.04 bits per heavy atom. The van der Waals surface area contributed by atoms with E-state index < -0.39 is 21.6 Å². The summed E-state index contributed by atoms with van der Waals surface area (Å²) < 4.78 is 28.3. The van der Waals surface area contributed by atoms with E-state index in [1.165, 1.54) is 0 Å². The third-order valence-electron chi connectivity index (χ3n) is 5.81. The van der Waals surface area contributed by atoms with Gasteiger partial charge in [-0.25, -0.2) is 8.42 Å². The van der Waals surface area contributed by atoms with Crippen molar-refractivity contribution >= 4 is 21.6 Å². The molecule has 0 radical (unpaired) electrons. The van der Waals surface area contributed by atoms with E-state index in [4.69, 9.17) is 0 Å². The van der Waals surface area contributed by atoms with Gasteiger partial charge >= 0.3 is 0 Å². The van der Waals surface area contributed by atoms with E-state index in [2.05, 4.69) is 4.72 Å². The minimum atomic E-state index is -3.72. The highest BCUT2D eigenvalue weighted by molar-refractivity contribution is 7.89. The summed E-state index contributed by atoms with van der Waals surface area (Å²) in [6.45, 7) is 3.64. The topological polar surface area (TPSA) is 66.5 Å². The highest BCUT2D eigenvalue weighted by atomic mass is 32.2. The summed E-state index contributed by atoms with van der Waals surface area (Å²) in [5.74, 6) is 0.0142. The molecule has 1 atom stereocenters. The maximum absolute atomic E-state index is 13.4. The van der Waals surface area contributed by atoms with Crippen molar-refractivity contribution in [2.45, 2.75) is 56.0 Å². The summed E-state index contributed by atoms with van der Waals surface area (Å²) >= 11 is 0. The zero-order valence-corrected chi connectivity index (χ0v) is 16.4. The molecule has 5 nitrogen and oxygen atoms in total. The van der Waals surface area contributed by atoms with E-state index in [1.54, 1.807) is 36.1 Å². The highest BCUT2D eigenvalue weighted by Gasteiger charge is 2.53. The molecule has 27 heavy (non-hydrogen) atoms. The van der Waals surface area contributed by atoms with E-state index in [-0.39, 0.29) is 10.8 Å². The Labute approximate surface area is 160 Å². The molecule has 1 spiro atoms. The average Bonchev–Trinajstić information content (AvgIpc) is 3.21. The monoisotopic (exact) mass is 384 g/mol. The predicted octanol–water partition coefficient (Wildman–Crippen LogP) is 3.48. The van der Waals surface area contributed by atoms with Gasteiger partial charge in [-0.05, 0) is 50.5 Å². The first-order valence-electron chi connectivity index (χ1n) is 9.37. The molecule has 1 N–H and O–H groups in total. The van der Waals surface area contributed by atoms with Crippen molar-refractivity contribution in [2.75, 3.05) is 4.90 Å². The van der Waals surface area contributed by atoms with Crippen LogP contribution in [0.15, 0.2) is 53.4 Å². The quantitative estimate of drug-likeness (QED) is 0.878. The smallest absolute Gasteiger partial charge is 0.242 e. The second-order valence-electron chi connectivity index (χ2n) is 7.59. The number of carbonyl (C=O) groups excluding carboxylic acids is 1. The van der Waals surface area contributed by atoms with E-state index in [9.17, 15) is 13.2 Å². The molecule has 0 bridgehead atoms. The lowest BCUT2D eigenvalue weighted by Crippen LogP contribution is -2.50. The Balaban J connectivity index is 1.67. The van der Waals surface area contributed by atoms with Gasteiger partial charge in [-0.3, -0.25) is 9.69 Å². The minimum absolute atomic E-state index is 0.0142. The van der Waals surface area contributed by atoms with Crippen molar-refractivity contribution in [2.24, 2.45) is 0 Å². The van der Waals surface area contributed by atoms with Gasteiger partial charge in [0.25, 0.3) is 0 Å². The van der Waals surface area contributed by atoms with Crippen LogP contribution in [0.3, 0.4) is 0 Å². The van der Waals surface area contributed by atoms with Crippen molar-refractivity contribution < 1.29 is 13.2 Å². The number of aryl methyl sites for hydroxylation is 1. The van der Waals surface area contributed by atoms with Crippen LogP contribution in [0.5, 0.6) is 0 Å². The van der Waals surface area contributed by atoms with E-state index >= 15 is 0 Å². The number of sulfonamides is 1. The second kappa shape index (κ2) is 6.46. The first-order valence-corrected chi connectivity index (χ1v) is 10.9. The Hall–Kier alpha value is -2.18. The number of nitrogens with zero attached hydrogens (tertiary/aromatic N) is 1.